The first-order valence-corrected chi connectivity index (χ1v) is 11.3. The Morgan fingerprint density at radius 2 is 1.80 bits per heavy atom. The third-order valence-corrected chi connectivity index (χ3v) is 6.21. The zero-order chi connectivity index (χ0) is 21.5. The molecule has 0 spiro atoms. The molecule has 1 aliphatic heterocycles. The number of benzene rings is 1. The van der Waals surface area contributed by atoms with Gasteiger partial charge in [0.1, 0.15) is 11.6 Å². The van der Waals surface area contributed by atoms with Crippen molar-refractivity contribution in [1.82, 2.24) is 14.8 Å². The first-order valence-electron chi connectivity index (χ1n) is 11.3. The monoisotopic (exact) mass is 410 g/mol. The number of piperazine rings is 1. The van der Waals surface area contributed by atoms with Crippen molar-refractivity contribution in [3.63, 3.8) is 0 Å². The number of aryl methyl sites for hydroxylation is 2. The Morgan fingerprint density at radius 3 is 2.50 bits per heavy atom. The highest BCUT2D eigenvalue weighted by Gasteiger charge is 2.16. The van der Waals surface area contributed by atoms with E-state index in [9.17, 15) is 0 Å². The van der Waals surface area contributed by atoms with E-state index in [1.54, 1.807) is 7.11 Å². The average molecular weight is 411 g/mol. The van der Waals surface area contributed by atoms with Gasteiger partial charge in [-0.25, -0.2) is 4.98 Å². The van der Waals surface area contributed by atoms with Gasteiger partial charge in [-0.15, -0.1) is 0 Å². The van der Waals surface area contributed by atoms with Gasteiger partial charge in [0.05, 0.1) is 7.11 Å². The second-order valence-corrected chi connectivity index (χ2v) is 8.64. The second kappa shape index (κ2) is 10.8. The molecule has 1 saturated heterocycles. The number of pyridine rings is 1. The lowest BCUT2D eigenvalue weighted by atomic mass is 9.98. The van der Waals surface area contributed by atoms with Gasteiger partial charge in [0.25, 0.3) is 0 Å². The normalized spacial score (nSPS) is 15.5. The van der Waals surface area contributed by atoms with E-state index in [4.69, 9.17) is 10.5 Å². The third-order valence-electron chi connectivity index (χ3n) is 6.21. The lowest BCUT2D eigenvalue weighted by molar-refractivity contribution is 0.148. The molecule has 1 aromatic heterocycles. The topological polar surface area (TPSA) is 54.6 Å². The van der Waals surface area contributed by atoms with E-state index in [1.807, 2.05) is 0 Å². The first kappa shape index (κ1) is 22.6. The van der Waals surface area contributed by atoms with Gasteiger partial charge in [0.15, 0.2) is 0 Å². The van der Waals surface area contributed by atoms with Gasteiger partial charge in [-0.3, -0.25) is 4.90 Å². The van der Waals surface area contributed by atoms with E-state index in [-0.39, 0.29) is 0 Å². The Hall–Kier alpha value is -2.11. The molecule has 0 atom stereocenters. The van der Waals surface area contributed by atoms with Gasteiger partial charge in [0, 0.05) is 44.8 Å². The summed E-state index contributed by atoms with van der Waals surface area (Å²) in [6.45, 7) is 9.78. The fourth-order valence-corrected chi connectivity index (χ4v) is 4.16. The quantitative estimate of drug-likeness (QED) is 0.632. The van der Waals surface area contributed by atoms with Crippen molar-refractivity contribution in [1.29, 1.82) is 0 Å². The molecule has 1 aromatic carbocycles. The maximum absolute atomic E-state index is 6.20. The summed E-state index contributed by atoms with van der Waals surface area (Å²) in [6.07, 6.45) is 5.42. The highest BCUT2D eigenvalue weighted by molar-refractivity contribution is 5.47. The van der Waals surface area contributed by atoms with E-state index in [0.29, 0.717) is 5.82 Å². The Bertz CT molecular complexity index is 828. The van der Waals surface area contributed by atoms with Crippen LogP contribution in [0.15, 0.2) is 24.3 Å². The Kier molecular flexibility index (Phi) is 8.11. The largest absolute Gasteiger partial charge is 0.496 e. The molecule has 3 rings (SSSR count). The van der Waals surface area contributed by atoms with Crippen molar-refractivity contribution in [2.24, 2.45) is 0 Å². The minimum atomic E-state index is 0.682. The average Bonchev–Trinajstić information content (AvgIpc) is 2.74. The predicted octanol–water partition coefficient (Wildman–Crippen LogP) is 4.05. The van der Waals surface area contributed by atoms with E-state index in [2.05, 4.69) is 59.9 Å². The molecule has 5 nitrogen and oxygen atoms in total. The summed E-state index contributed by atoms with van der Waals surface area (Å²) in [5, 5.41) is 0. The minimum Gasteiger partial charge on any atom is -0.496 e. The molecule has 1 aliphatic rings. The van der Waals surface area contributed by atoms with Crippen LogP contribution in [0.25, 0.3) is 0 Å². The molecule has 2 N–H and O–H groups in total. The van der Waals surface area contributed by atoms with E-state index >= 15 is 0 Å². The number of nitrogens with zero attached hydrogens (tertiary/aromatic N) is 3. The number of aromatic nitrogens is 1. The standard InChI is InChI=1S/C25H38N4O/c1-5-6-7-8-22-17-23(19(2)27-25(22)26)16-21-10-9-20(15-24(21)30-4)18-29-13-11-28(3)12-14-29/h9-10,15,17H,5-8,11-14,16,18H2,1-4H3,(H2,26,27). The van der Waals surface area contributed by atoms with Crippen molar-refractivity contribution >= 4 is 5.82 Å². The zero-order valence-corrected chi connectivity index (χ0v) is 19.2. The van der Waals surface area contributed by atoms with Crippen LogP contribution in [0.4, 0.5) is 5.82 Å². The van der Waals surface area contributed by atoms with Crippen molar-refractivity contribution in [3.8, 4) is 5.75 Å². The van der Waals surface area contributed by atoms with E-state index in [1.165, 1.54) is 35.1 Å². The van der Waals surface area contributed by atoms with Gasteiger partial charge < -0.3 is 15.4 Å². The Morgan fingerprint density at radius 1 is 1.03 bits per heavy atom. The summed E-state index contributed by atoms with van der Waals surface area (Å²) in [7, 11) is 3.96. The molecule has 5 heteroatoms. The maximum atomic E-state index is 6.20. The summed E-state index contributed by atoms with van der Waals surface area (Å²) in [6, 6.07) is 8.93. The third kappa shape index (κ3) is 5.96. The number of rotatable bonds is 9. The molecule has 0 saturated carbocycles. The molecule has 0 unspecified atom stereocenters. The first-order chi connectivity index (χ1) is 14.5. The van der Waals surface area contributed by atoms with Crippen LogP contribution in [0.2, 0.25) is 0 Å². The van der Waals surface area contributed by atoms with Crippen molar-refractivity contribution in [2.45, 2.75) is 52.5 Å². The van der Waals surface area contributed by atoms with Crippen LogP contribution in [0.1, 0.15) is 54.1 Å². The molecule has 2 heterocycles. The number of ether oxygens (including phenoxy) is 1. The number of nitrogens with two attached hydrogens (primary N) is 1. The molecule has 2 aromatic rings. The number of likely N-dealkylation sites (N-methyl/N-ethyl adjacent to an activating group) is 1. The summed E-state index contributed by atoms with van der Waals surface area (Å²) in [5.74, 6) is 1.65. The fraction of sp³-hybridized carbons (Fsp3) is 0.560. The van der Waals surface area contributed by atoms with Crippen LogP contribution in [0.5, 0.6) is 5.75 Å². The molecule has 164 valence electrons. The van der Waals surface area contributed by atoms with Gasteiger partial charge >= 0.3 is 0 Å². The molecular weight excluding hydrogens is 372 g/mol. The number of hydrogen-bond acceptors (Lipinski definition) is 5. The zero-order valence-electron chi connectivity index (χ0n) is 19.2. The maximum Gasteiger partial charge on any atom is 0.126 e. The fourth-order valence-electron chi connectivity index (χ4n) is 4.16. The van der Waals surface area contributed by atoms with Crippen molar-refractivity contribution in [2.75, 3.05) is 46.1 Å². The van der Waals surface area contributed by atoms with Gasteiger partial charge in [-0.2, -0.15) is 0 Å². The molecule has 1 fully saturated rings. The summed E-state index contributed by atoms with van der Waals surface area (Å²) >= 11 is 0. The van der Waals surface area contributed by atoms with E-state index < -0.39 is 0 Å². The predicted molar refractivity (Wildman–Crippen MR) is 125 cm³/mol. The number of methoxy groups -OCH3 is 1. The van der Waals surface area contributed by atoms with Crippen LogP contribution in [0, 0.1) is 6.92 Å². The number of nitrogen functional groups attached to an aromatic ring is 1. The Balaban J connectivity index is 1.73. The van der Waals surface area contributed by atoms with E-state index in [0.717, 1.165) is 63.4 Å². The van der Waals surface area contributed by atoms with Gasteiger partial charge in [0.2, 0.25) is 0 Å². The summed E-state index contributed by atoms with van der Waals surface area (Å²) in [5.41, 5.74) is 12.1. The SMILES string of the molecule is CCCCCc1cc(Cc2ccc(CN3CCN(C)CC3)cc2OC)c(C)nc1N. The van der Waals surface area contributed by atoms with Crippen LogP contribution in [-0.2, 0) is 19.4 Å². The number of unbranched alkanes of at least 4 members (excludes halogenated alkanes) is 2. The van der Waals surface area contributed by atoms with Gasteiger partial charge in [-0.05, 0) is 55.1 Å². The minimum absolute atomic E-state index is 0.682. The van der Waals surface area contributed by atoms with Crippen LogP contribution in [0.3, 0.4) is 0 Å². The molecule has 0 aliphatic carbocycles. The second-order valence-electron chi connectivity index (χ2n) is 8.64. The van der Waals surface area contributed by atoms with Gasteiger partial charge in [-0.1, -0.05) is 38.0 Å². The number of anilines is 1. The molecule has 0 radical (unpaired) electrons. The summed E-state index contributed by atoms with van der Waals surface area (Å²) < 4.78 is 5.77. The Labute approximate surface area is 182 Å². The lowest BCUT2D eigenvalue weighted by Crippen LogP contribution is -2.43. The molecule has 0 amide bonds. The van der Waals surface area contributed by atoms with Crippen LogP contribution in [-0.4, -0.2) is 55.1 Å². The molecule has 0 bridgehead atoms. The van der Waals surface area contributed by atoms with Crippen molar-refractivity contribution < 1.29 is 4.74 Å². The number of hydrogen-bond donors (Lipinski definition) is 1. The van der Waals surface area contributed by atoms with Crippen LogP contribution < -0.4 is 10.5 Å². The highest BCUT2D eigenvalue weighted by atomic mass is 16.5. The molecule has 30 heavy (non-hydrogen) atoms. The lowest BCUT2D eigenvalue weighted by Gasteiger charge is -2.32. The molecular formula is C25H38N4O. The van der Waals surface area contributed by atoms with Crippen LogP contribution >= 0.6 is 0 Å². The smallest absolute Gasteiger partial charge is 0.126 e. The summed E-state index contributed by atoms with van der Waals surface area (Å²) in [4.78, 5) is 9.54. The highest BCUT2D eigenvalue weighted by Crippen LogP contribution is 2.27. The van der Waals surface area contributed by atoms with Crippen molar-refractivity contribution in [3.05, 3.63) is 52.2 Å².